The molecule has 100 valence electrons. The molecule has 0 aromatic heterocycles. The summed E-state index contributed by atoms with van der Waals surface area (Å²) in [6, 6.07) is 6.24. The summed E-state index contributed by atoms with van der Waals surface area (Å²) in [4.78, 5) is 0. The predicted octanol–water partition coefficient (Wildman–Crippen LogP) is 4.05. The van der Waals surface area contributed by atoms with Crippen molar-refractivity contribution in [3.63, 3.8) is 0 Å². The fourth-order valence-electron chi connectivity index (χ4n) is 2.55. The van der Waals surface area contributed by atoms with Gasteiger partial charge in [-0.05, 0) is 62.4 Å². The van der Waals surface area contributed by atoms with E-state index in [0.717, 1.165) is 16.6 Å². The van der Waals surface area contributed by atoms with Gasteiger partial charge < -0.3 is 10.5 Å². The molecule has 0 bridgehead atoms. The zero-order valence-electron chi connectivity index (χ0n) is 10.8. The van der Waals surface area contributed by atoms with E-state index < -0.39 is 0 Å². The third kappa shape index (κ3) is 3.99. The minimum Gasteiger partial charge on any atom is -0.490 e. The molecule has 1 fully saturated rings. The Morgan fingerprint density at radius 3 is 2.56 bits per heavy atom. The highest BCUT2D eigenvalue weighted by Crippen LogP contribution is 2.28. The van der Waals surface area contributed by atoms with Crippen LogP contribution in [0.4, 0.5) is 0 Å². The van der Waals surface area contributed by atoms with Crippen molar-refractivity contribution >= 4 is 15.9 Å². The molecular weight excluding hydrogens is 290 g/mol. The Bertz CT molecular complexity index is 373. The summed E-state index contributed by atoms with van der Waals surface area (Å²) in [5.41, 5.74) is 6.89. The first-order chi connectivity index (χ1) is 8.79. The highest BCUT2D eigenvalue weighted by molar-refractivity contribution is 9.10. The lowest BCUT2D eigenvalue weighted by molar-refractivity contribution is 0.182. The first-order valence-corrected chi connectivity index (χ1v) is 7.74. The van der Waals surface area contributed by atoms with Crippen molar-refractivity contribution in [1.29, 1.82) is 0 Å². The number of nitrogens with two attached hydrogens (primary N) is 1. The zero-order chi connectivity index (χ0) is 12.8. The van der Waals surface area contributed by atoms with Crippen LogP contribution < -0.4 is 10.5 Å². The molecule has 0 atom stereocenters. The molecule has 0 saturated heterocycles. The van der Waals surface area contributed by atoms with Crippen LogP contribution in [0, 0.1) is 0 Å². The lowest BCUT2D eigenvalue weighted by Crippen LogP contribution is -2.16. The molecule has 2 N–H and O–H groups in total. The van der Waals surface area contributed by atoms with Gasteiger partial charge in [-0.2, -0.15) is 0 Å². The summed E-state index contributed by atoms with van der Waals surface area (Å²) in [5, 5.41) is 0. The Hall–Kier alpha value is -0.540. The van der Waals surface area contributed by atoms with Gasteiger partial charge in [0.05, 0.1) is 6.10 Å². The molecule has 2 rings (SSSR count). The molecular formula is C15H22BrNO. The van der Waals surface area contributed by atoms with E-state index in [1.54, 1.807) is 0 Å². The standard InChI is InChI=1S/C15H22BrNO/c16-13-7-8-15(12(11-13)9-10-17)18-14-5-3-1-2-4-6-14/h7-8,11,14H,1-6,9-10,17H2. The van der Waals surface area contributed by atoms with Gasteiger partial charge in [0.15, 0.2) is 0 Å². The van der Waals surface area contributed by atoms with Crippen LogP contribution >= 0.6 is 15.9 Å². The van der Waals surface area contributed by atoms with Gasteiger partial charge in [-0.1, -0.05) is 28.8 Å². The van der Waals surface area contributed by atoms with E-state index in [1.807, 2.05) is 6.07 Å². The highest BCUT2D eigenvalue weighted by atomic mass is 79.9. The van der Waals surface area contributed by atoms with E-state index >= 15 is 0 Å². The van der Waals surface area contributed by atoms with Crippen LogP contribution in [0.25, 0.3) is 0 Å². The second kappa shape index (κ2) is 7.15. The lowest BCUT2D eigenvalue weighted by Gasteiger charge is -2.19. The van der Waals surface area contributed by atoms with Gasteiger partial charge in [-0.3, -0.25) is 0 Å². The summed E-state index contributed by atoms with van der Waals surface area (Å²) in [6.07, 6.45) is 8.97. The van der Waals surface area contributed by atoms with E-state index in [2.05, 4.69) is 28.1 Å². The number of hydrogen-bond donors (Lipinski definition) is 1. The second-order valence-electron chi connectivity index (χ2n) is 5.02. The first-order valence-electron chi connectivity index (χ1n) is 6.95. The van der Waals surface area contributed by atoms with Gasteiger partial charge in [0.25, 0.3) is 0 Å². The van der Waals surface area contributed by atoms with E-state index in [-0.39, 0.29) is 0 Å². The molecule has 0 spiro atoms. The summed E-state index contributed by atoms with van der Waals surface area (Å²) >= 11 is 3.51. The summed E-state index contributed by atoms with van der Waals surface area (Å²) in [5.74, 6) is 1.02. The molecule has 0 heterocycles. The Kier molecular flexibility index (Phi) is 5.51. The van der Waals surface area contributed by atoms with Gasteiger partial charge in [0.2, 0.25) is 0 Å². The van der Waals surface area contributed by atoms with Crippen LogP contribution in [0.3, 0.4) is 0 Å². The number of ether oxygens (including phenoxy) is 1. The molecule has 2 nitrogen and oxygen atoms in total. The third-order valence-electron chi connectivity index (χ3n) is 3.53. The van der Waals surface area contributed by atoms with Crippen LogP contribution in [0.5, 0.6) is 5.75 Å². The Morgan fingerprint density at radius 1 is 1.17 bits per heavy atom. The Balaban J connectivity index is 2.06. The molecule has 0 unspecified atom stereocenters. The topological polar surface area (TPSA) is 35.2 Å². The maximum atomic E-state index is 6.20. The molecule has 0 radical (unpaired) electrons. The van der Waals surface area contributed by atoms with Gasteiger partial charge in [-0.15, -0.1) is 0 Å². The normalized spacial score (nSPS) is 17.4. The summed E-state index contributed by atoms with van der Waals surface area (Å²) in [7, 11) is 0. The van der Waals surface area contributed by atoms with Crippen LogP contribution in [0.1, 0.15) is 44.1 Å². The Morgan fingerprint density at radius 2 is 1.89 bits per heavy atom. The molecule has 1 saturated carbocycles. The average molecular weight is 312 g/mol. The van der Waals surface area contributed by atoms with Crippen molar-refractivity contribution < 1.29 is 4.74 Å². The van der Waals surface area contributed by atoms with Crippen molar-refractivity contribution in [2.24, 2.45) is 5.73 Å². The van der Waals surface area contributed by atoms with Crippen molar-refractivity contribution in [3.8, 4) is 5.75 Å². The molecule has 0 aliphatic heterocycles. The summed E-state index contributed by atoms with van der Waals surface area (Å²) in [6.45, 7) is 0.664. The number of rotatable bonds is 4. The second-order valence-corrected chi connectivity index (χ2v) is 5.94. The van der Waals surface area contributed by atoms with Crippen molar-refractivity contribution in [1.82, 2.24) is 0 Å². The quantitative estimate of drug-likeness (QED) is 0.851. The minimum absolute atomic E-state index is 0.394. The van der Waals surface area contributed by atoms with Gasteiger partial charge in [0.1, 0.15) is 5.75 Å². The van der Waals surface area contributed by atoms with Gasteiger partial charge >= 0.3 is 0 Å². The van der Waals surface area contributed by atoms with Crippen LogP contribution in [0.15, 0.2) is 22.7 Å². The summed E-state index contributed by atoms with van der Waals surface area (Å²) < 4.78 is 7.29. The predicted molar refractivity (Wildman–Crippen MR) is 79.0 cm³/mol. The number of hydrogen-bond acceptors (Lipinski definition) is 2. The number of benzene rings is 1. The van der Waals surface area contributed by atoms with E-state index in [0.29, 0.717) is 12.6 Å². The maximum Gasteiger partial charge on any atom is 0.123 e. The third-order valence-corrected chi connectivity index (χ3v) is 4.03. The molecule has 1 aromatic rings. The largest absolute Gasteiger partial charge is 0.490 e. The van der Waals surface area contributed by atoms with E-state index in [4.69, 9.17) is 10.5 Å². The monoisotopic (exact) mass is 311 g/mol. The molecule has 0 amide bonds. The lowest BCUT2D eigenvalue weighted by atomic mass is 10.1. The molecule has 1 aliphatic rings. The average Bonchev–Trinajstić information content (AvgIpc) is 2.61. The maximum absolute atomic E-state index is 6.20. The van der Waals surface area contributed by atoms with Crippen molar-refractivity contribution in [2.45, 2.75) is 51.0 Å². The minimum atomic E-state index is 0.394. The van der Waals surface area contributed by atoms with E-state index in [9.17, 15) is 0 Å². The van der Waals surface area contributed by atoms with Gasteiger partial charge in [-0.25, -0.2) is 0 Å². The fraction of sp³-hybridized carbons (Fsp3) is 0.600. The first kappa shape index (κ1) is 13.9. The van der Waals surface area contributed by atoms with Gasteiger partial charge in [0, 0.05) is 4.47 Å². The molecule has 1 aliphatic carbocycles. The van der Waals surface area contributed by atoms with E-state index in [1.165, 1.54) is 44.1 Å². The smallest absolute Gasteiger partial charge is 0.123 e. The number of halogens is 1. The highest BCUT2D eigenvalue weighted by Gasteiger charge is 2.15. The van der Waals surface area contributed by atoms with Crippen LogP contribution in [0.2, 0.25) is 0 Å². The molecule has 18 heavy (non-hydrogen) atoms. The van der Waals surface area contributed by atoms with Crippen LogP contribution in [-0.4, -0.2) is 12.6 Å². The van der Waals surface area contributed by atoms with Crippen LogP contribution in [-0.2, 0) is 6.42 Å². The zero-order valence-corrected chi connectivity index (χ0v) is 12.4. The van der Waals surface area contributed by atoms with Crippen molar-refractivity contribution in [3.05, 3.63) is 28.2 Å². The Labute approximate surface area is 118 Å². The molecule has 1 aromatic carbocycles. The molecule has 3 heteroatoms. The van der Waals surface area contributed by atoms with Crippen molar-refractivity contribution in [2.75, 3.05) is 6.54 Å². The SMILES string of the molecule is NCCc1cc(Br)ccc1OC1CCCCCC1. The fourth-order valence-corrected chi connectivity index (χ4v) is 2.96.